The molecule has 0 aliphatic heterocycles. The van der Waals surface area contributed by atoms with Crippen LogP contribution in [0.1, 0.15) is 41.1 Å². The number of nitrogens with zero attached hydrogens (tertiary/aromatic N) is 2. The minimum atomic E-state index is -4.23. The van der Waals surface area contributed by atoms with Gasteiger partial charge in [0.05, 0.1) is 19.3 Å². The van der Waals surface area contributed by atoms with E-state index in [9.17, 15) is 18.0 Å². The zero-order chi connectivity index (χ0) is 25.2. The Labute approximate surface area is 206 Å². The number of carbonyl (C=O) groups is 2. The van der Waals surface area contributed by atoms with E-state index in [-0.39, 0.29) is 12.5 Å². The zero-order valence-corrected chi connectivity index (χ0v) is 21.1. The topological polar surface area (TPSA) is 138 Å². The number of esters is 1. The molecule has 1 aromatic carbocycles. The largest absolute Gasteiger partial charge is 0.497 e. The molecule has 2 heterocycles. The molecule has 1 amide bonds. The summed E-state index contributed by atoms with van der Waals surface area (Å²) in [7, 11) is -2.73. The van der Waals surface area contributed by atoms with Gasteiger partial charge < -0.3 is 19.2 Å². The quantitative estimate of drug-likeness (QED) is 0.443. The average Bonchev–Trinajstić information content (AvgIpc) is 3.44. The van der Waals surface area contributed by atoms with Crippen LogP contribution in [0.5, 0.6) is 5.75 Å². The molecule has 4 rings (SSSR count). The highest BCUT2D eigenvalue weighted by Crippen LogP contribution is 2.40. The van der Waals surface area contributed by atoms with Crippen LogP contribution in [-0.2, 0) is 32.2 Å². The first-order valence-corrected chi connectivity index (χ1v) is 13.5. The highest BCUT2D eigenvalue weighted by Gasteiger charge is 2.31. The summed E-state index contributed by atoms with van der Waals surface area (Å²) in [6, 6.07) is 6.69. The number of hydrogen-bond donors (Lipinski definition) is 1. The van der Waals surface area contributed by atoms with Crippen LogP contribution < -0.4 is 10.1 Å². The minimum Gasteiger partial charge on any atom is -0.497 e. The van der Waals surface area contributed by atoms with E-state index in [2.05, 4.69) is 22.4 Å². The number of fused-ring (bicyclic) bond motifs is 1. The van der Waals surface area contributed by atoms with E-state index in [1.165, 1.54) is 18.4 Å². The van der Waals surface area contributed by atoms with Crippen LogP contribution in [0, 0.1) is 5.92 Å². The summed E-state index contributed by atoms with van der Waals surface area (Å²) in [5.41, 5.74) is 1.65. The summed E-state index contributed by atoms with van der Waals surface area (Å²) in [6.45, 7) is 4.02. The Kier molecular flexibility index (Phi) is 7.22. The van der Waals surface area contributed by atoms with Gasteiger partial charge in [0, 0.05) is 10.4 Å². The van der Waals surface area contributed by atoms with Crippen molar-refractivity contribution in [1.82, 2.24) is 10.2 Å². The summed E-state index contributed by atoms with van der Waals surface area (Å²) in [5, 5.41) is 9.62. The van der Waals surface area contributed by atoms with Gasteiger partial charge in [0.2, 0.25) is 21.6 Å². The number of nitrogens with one attached hydrogen (secondary N) is 1. The molecule has 1 N–H and O–H groups in total. The van der Waals surface area contributed by atoms with Gasteiger partial charge in [0.1, 0.15) is 16.5 Å². The fourth-order valence-corrected chi connectivity index (χ4v) is 6.19. The van der Waals surface area contributed by atoms with Gasteiger partial charge in [0.15, 0.2) is 0 Å². The molecule has 1 atom stereocenters. The molecule has 1 aliphatic carbocycles. The molecule has 1 unspecified atom stereocenters. The van der Waals surface area contributed by atoms with E-state index >= 15 is 0 Å². The maximum Gasteiger partial charge on any atom is 0.341 e. The van der Waals surface area contributed by atoms with Gasteiger partial charge in [-0.15, -0.1) is 16.4 Å². The number of hydrogen-bond acceptors (Lipinski definition) is 10. The SMILES string of the molecule is CCOC(=O)c1c(NC(=O)CS(=O)(=O)c2nnc(-c3cccc(OC)c3)o2)sc2c1CCC(C)C2. The first-order valence-electron chi connectivity index (χ1n) is 11.0. The number of rotatable bonds is 8. The second kappa shape index (κ2) is 10.2. The lowest BCUT2D eigenvalue weighted by Crippen LogP contribution is -2.24. The molecule has 186 valence electrons. The van der Waals surface area contributed by atoms with Crippen LogP contribution >= 0.6 is 11.3 Å². The highest BCUT2D eigenvalue weighted by molar-refractivity contribution is 7.91. The Bertz CT molecular complexity index is 1360. The monoisotopic (exact) mass is 519 g/mol. The maximum absolute atomic E-state index is 12.8. The first-order chi connectivity index (χ1) is 16.7. The van der Waals surface area contributed by atoms with E-state index in [1.807, 2.05) is 0 Å². The van der Waals surface area contributed by atoms with Crippen molar-refractivity contribution in [1.29, 1.82) is 0 Å². The van der Waals surface area contributed by atoms with Crippen LogP contribution in [0.3, 0.4) is 0 Å². The van der Waals surface area contributed by atoms with Crippen molar-refractivity contribution in [3.63, 3.8) is 0 Å². The fraction of sp³-hybridized carbons (Fsp3) is 0.391. The molecule has 1 aliphatic rings. The molecule has 0 spiro atoms. The fourth-order valence-electron chi connectivity index (χ4n) is 3.86. The number of anilines is 1. The molecular weight excluding hydrogens is 494 g/mol. The second-order valence-corrected chi connectivity index (χ2v) is 11.2. The minimum absolute atomic E-state index is 0.0208. The molecule has 0 fully saturated rings. The van der Waals surface area contributed by atoms with Gasteiger partial charge in [-0.05, 0) is 55.9 Å². The van der Waals surface area contributed by atoms with Gasteiger partial charge in [-0.2, -0.15) is 0 Å². The molecule has 12 heteroatoms. The van der Waals surface area contributed by atoms with E-state index in [0.29, 0.717) is 34.2 Å². The van der Waals surface area contributed by atoms with Crippen molar-refractivity contribution >= 4 is 38.1 Å². The van der Waals surface area contributed by atoms with Gasteiger partial charge in [-0.25, -0.2) is 13.2 Å². The summed E-state index contributed by atoms with van der Waals surface area (Å²) < 4.78 is 41.3. The molecule has 0 saturated carbocycles. The summed E-state index contributed by atoms with van der Waals surface area (Å²) in [4.78, 5) is 26.4. The number of benzene rings is 1. The van der Waals surface area contributed by atoms with Crippen LogP contribution in [0.15, 0.2) is 33.9 Å². The number of carbonyl (C=O) groups excluding carboxylic acids is 2. The van der Waals surface area contributed by atoms with Crippen molar-refractivity contribution in [3.8, 4) is 17.2 Å². The van der Waals surface area contributed by atoms with Gasteiger partial charge >= 0.3 is 11.2 Å². The highest BCUT2D eigenvalue weighted by atomic mass is 32.2. The second-order valence-electron chi connectivity index (χ2n) is 8.19. The Balaban J connectivity index is 1.53. The number of ether oxygens (including phenoxy) is 2. The Hall–Kier alpha value is -3.25. The summed E-state index contributed by atoms with van der Waals surface area (Å²) in [6.07, 6.45) is 2.41. The van der Waals surface area contributed by atoms with Crippen molar-refractivity contribution in [2.75, 3.05) is 24.8 Å². The molecule has 0 bridgehead atoms. The lowest BCUT2D eigenvalue weighted by Gasteiger charge is -2.18. The van der Waals surface area contributed by atoms with E-state index in [1.54, 1.807) is 31.2 Å². The smallest absolute Gasteiger partial charge is 0.341 e. The maximum atomic E-state index is 12.8. The van der Waals surface area contributed by atoms with Crippen LogP contribution in [-0.4, -0.2) is 50.0 Å². The Morgan fingerprint density at radius 2 is 2.09 bits per heavy atom. The average molecular weight is 520 g/mol. The van der Waals surface area contributed by atoms with Gasteiger partial charge in [0.25, 0.3) is 0 Å². The van der Waals surface area contributed by atoms with Crippen molar-refractivity contribution in [3.05, 3.63) is 40.3 Å². The zero-order valence-electron chi connectivity index (χ0n) is 19.5. The molecule has 0 saturated heterocycles. The summed E-state index contributed by atoms with van der Waals surface area (Å²) >= 11 is 1.28. The lowest BCUT2D eigenvalue weighted by atomic mass is 9.88. The molecule has 3 aromatic rings. The van der Waals surface area contributed by atoms with E-state index in [0.717, 1.165) is 23.3 Å². The Morgan fingerprint density at radius 1 is 1.29 bits per heavy atom. The predicted molar refractivity (Wildman–Crippen MR) is 128 cm³/mol. The molecule has 35 heavy (non-hydrogen) atoms. The first kappa shape index (κ1) is 24.9. The van der Waals surface area contributed by atoms with E-state index < -0.39 is 32.7 Å². The number of aromatic nitrogens is 2. The van der Waals surface area contributed by atoms with Crippen molar-refractivity contribution in [2.24, 2.45) is 5.92 Å². The molecule has 10 nitrogen and oxygen atoms in total. The molecule has 2 aromatic heterocycles. The van der Waals surface area contributed by atoms with Gasteiger partial charge in [-0.3, -0.25) is 4.79 Å². The standard InChI is InChI=1S/C23H25N3O7S2/c1-4-32-22(28)19-16-9-8-13(2)10-17(16)34-21(19)24-18(27)12-35(29,30)23-26-25-20(33-23)14-6-5-7-15(11-14)31-3/h5-7,11,13H,4,8-10,12H2,1-3H3,(H,24,27). The number of thiophene rings is 1. The Morgan fingerprint density at radius 3 is 2.83 bits per heavy atom. The third-order valence-electron chi connectivity index (χ3n) is 5.55. The van der Waals surface area contributed by atoms with Crippen LogP contribution in [0.2, 0.25) is 0 Å². The van der Waals surface area contributed by atoms with E-state index in [4.69, 9.17) is 13.9 Å². The lowest BCUT2D eigenvalue weighted by molar-refractivity contribution is -0.113. The normalized spacial score (nSPS) is 15.3. The molecular formula is C23H25N3O7S2. The van der Waals surface area contributed by atoms with Crippen LogP contribution in [0.25, 0.3) is 11.5 Å². The number of sulfone groups is 1. The molecule has 0 radical (unpaired) electrons. The van der Waals surface area contributed by atoms with Crippen LogP contribution in [0.4, 0.5) is 5.00 Å². The number of methoxy groups -OCH3 is 1. The summed E-state index contributed by atoms with van der Waals surface area (Å²) in [5.74, 6) is -1.30. The van der Waals surface area contributed by atoms with Gasteiger partial charge in [-0.1, -0.05) is 18.1 Å². The van der Waals surface area contributed by atoms with Crippen molar-refractivity contribution in [2.45, 2.75) is 38.3 Å². The number of amides is 1. The van der Waals surface area contributed by atoms with Crippen molar-refractivity contribution < 1.29 is 31.9 Å². The predicted octanol–water partition coefficient (Wildman–Crippen LogP) is 3.52. The third-order valence-corrected chi connectivity index (χ3v) is 8.06. The third kappa shape index (κ3) is 5.38.